The van der Waals surface area contributed by atoms with Crippen molar-refractivity contribution in [2.45, 2.75) is 44.8 Å². The molecule has 7 nitrogen and oxygen atoms in total. The van der Waals surface area contributed by atoms with E-state index in [2.05, 4.69) is 57.0 Å². The molecule has 2 atom stereocenters. The van der Waals surface area contributed by atoms with Gasteiger partial charge >= 0.3 is 0 Å². The van der Waals surface area contributed by atoms with Gasteiger partial charge in [-0.25, -0.2) is 4.68 Å². The van der Waals surface area contributed by atoms with Gasteiger partial charge in [0.1, 0.15) is 5.69 Å². The van der Waals surface area contributed by atoms with E-state index < -0.39 is 0 Å². The lowest BCUT2D eigenvalue weighted by Gasteiger charge is -2.30. The highest BCUT2D eigenvalue weighted by Gasteiger charge is 2.30. The average molecular weight is 383 g/mol. The molecule has 0 bridgehead atoms. The second-order valence-corrected chi connectivity index (χ2v) is 8.20. The molecule has 2 aliphatic heterocycles. The maximum atomic E-state index is 11.8. The predicted molar refractivity (Wildman–Crippen MR) is 109 cm³/mol. The number of rotatable bonds is 5. The number of likely N-dealkylation sites (tertiary alicyclic amines) is 1. The molecule has 0 unspecified atom stereocenters. The second kappa shape index (κ2) is 8.41. The van der Waals surface area contributed by atoms with Crippen LogP contribution < -0.4 is 10.6 Å². The Labute approximate surface area is 166 Å². The van der Waals surface area contributed by atoms with E-state index in [1.165, 1.54) is 31.5 Å². The van der Waals surface area contributed by atoms with Gasteiger partial charge in [0.15, 0.2) is 0 Å². The normalized spacial score (nSPS) is 23.8. The van der Waals surface area contributed by atoms with Gasteiger partial charge in [-0.3, -0.25) is 9.69 Å². The Balaban J connectivity index is 1.37. The molecule has 2 N–H and O–H groups in total. The van der Waals surface area contributed by atoms with Crippen molar-refractivity contribution in [3.63, 3.8) is 0 Å². The highest BCUT2D eigenvalue weighted by atomic mass is 16.2. The van der Waals surface area contributed by atoms with Crippen molar-refractivity contribution in [1.82, 2.24) is 30.5 Å². The summed E-state index contributed by atoms with van der Waals surface area (Å²) in [4.78, 5) is 14.3. The Hall–Kier alpha value is -2.25. The Bertz CT molecular complexity index is 793. The van der Waals surface area contributed by atoms with E-state index in [1.54, 1.807) is 7.05 Å². The molecule has 2 aromatic rings. The first-order valence-corrected chi connectivity index (χ1v) is 10.3. The highest BCUT2D eigenvalue weighted by Crippen LogP contribution is 2.24. The molecule has 7 heteroatoms. The minimum absolute atomic E-state index is 0.0293. The SMILES string of the molecule is CNC(=O)[C@@H]1C[C@H](n2cc(-c3ccc(CN4CCC(C)CC4)cc3)nn2)CN1. The summed E-state index contributed by atoms with van der Waals surface area (Å²) in [5.74, 6) is 0.893. The number of piperidine rings is 1. The molecule has 4 rings (SSSR count). The molecule has 1 aromatic carbocycles. The summed E-state index contributed by atoms with van der Waals surface area (Å²) in [5.41, 5.74) is 3.30. The monoisotopic (exact) mass is 382 g/mol. The smallest absolute Gasteiger partial charge is 0.236 e. The number of carbonyl (C=O) groups is 1. The first kappa shape index (κ1) is 19.1. The fourth-order valence-electron chi connectivity index (χ4n) is 4.14. The van der Waals surface area contributed by atoms with Crippen molar-refractivity contribution in [3.05, 3.63) is 36.0 Å². The van der Waals surface area contributed by atoms with Crippen LogP contribution >= 0.6 is 0 Å². The van der Waals surface area contributed by atoms with E-state index in [0.29, 0.717) is 0 Å². The summed E-state index contributed by atoms with van der Waals surface area (Å²) in [6.45, 7) is 6.50. The molecule has 2 saturated heterocycles. The number of amides is 1. The summed E-state index contributed by atoms with van der Waals surface area (Å²) in [6, 6.07) is 8.67. The number of benzene rings is 1. The lowest BCUT2D eigenvalue weighted by Crippen LogP contribution is -2.38. The molecule has 0 saturated carbocycles. The van der Waals surface area contributed by atoms with Crippen LogP contribution in [0.5, 0.6) is 0 Å². The quantitative estimate of drug-likeness (QED) is 0.825. The fraction of sp³-hybridized carbons (Fsp3) is 0.571. The van der Waals surface area contributed by atoms with Crippen LogP contribution in [0.25, 0.3) is 11.3 Å². The molecule has 2 fully saturated rings. The molecule has 0 spiro atoms. The highest BCUT2D eigenvalue weighted by molar-refractivity contribution is 5.81. The Morgan fingerprint density at radius 3 is 2.71 bits per heavy atom. The van der Waals surface area contributed by atoms with Crippen molar-refractivity contribution in [2.75, 3.05) is 26.7 Å². The Morgan fingerprint density at radius 2 is 2.00 bits per heavy atom. The molecule has 150 valence electrons. The van der Waals surface area contributed by atoms with Crippen LogP contribution in [-0.4, -0.2) is 58.5 Å². The average Bonchev–Trinajstić information content (AvgIpc) is 3.39. The maximum Gasteiger partial charge on any atom is 0.236 e. The predicted octanol–water partition coefficient (Wildman–Crippen LogP) is 1.83. The molecular weight excluding hydrogens is 352 g/mol. The summed E-state index contributed by atoms with van der Waals surface area (Å²) < 4.78 is 1.88. The van der Waals surface area contributed by atoms with Crippen LogP contribution in [0.3, 0.4) is 0 Å². The number of nitrogens with one attached hydrogen (secondary N) is 2. The summed E-state index contributed by atoms with van der Waals surface area (Å²) >= 11 is 0. The van der Waals surface area contributed by atoms with Crippen LogP contribution in [0.15, 0.2) is 30.5 Å². The van der Waals surface area contributed by atoms with Crippen molar-refractivity contribution in [1.29, 1.82) is 0 Å². The van der Waals surface area contributed by atoms with Gasteiger partial charge in [0, 0.05) is 25.7 Å². The van der Waals surface area contributed by atoms with E-state index in [9.17, 15) is 4.79 Å². The fourth-order valence-corrected chi connectivity index (χ4v) is 4.14. The third-order valence-electron chi connectivity index (χ3n) is 6.09. The van der Waals surface area contributed by atoms with E-state index in [1.807, 2.05) is 10.9 Å². The third kappa shape index (κ3) is 4.25. The standard InChI is InChI=1S/C21H30N6O/c1-15-7-9-26(10-8-15)13-16-3-5-17(6-4-16)20-14-27(25-24-20)18-11-19(23-12-18)21(28)22-2/h3-6,14-15,18-19,23H,7-13H2,1-2H3,(H,22,28)/t18-,19-/m0/s1. The first-order valence-electron chi connectivity index (χ1n) is 10.3. The molecule has 2 aliphatic rings. The van der Waals surface area contributed by atoms with Crippen molar-refractivity contribution >= 4 is 5.91 Å². The molecule has 0 radical (unpaired) electrons. The van der Waals surface area contributed by atoms with Gasteiger partial charge in [0.05, 0.1) is 18.3 Å². The van der Waals surface area contributed by atoms with Gasteiger partial charge in [-0.2, -0.15) is 0 Å². The van der Waals surface area contributed by atoms with Gasteiger partial charge < -0.3 is 10.6 Å². The number of nitrogens with zero attached hydrogens (tertiary/aromatic N) is 4. The molecule has 28 heavy (non-hydrogen) atoms. The summed E-state index contributed by atoms with van der Waals surface area (Å²) in [7, 11) is 1.67. The minimum atomic E-state index is -0.153. The number of aromatic nitrogens is 3. The topological polar surface area (TPSA) is 75.1 Å². The van der Waals surface area contributed by atoms with Crippen molar-refractivity contribution < 1.29 is 4.79 Å². The number of hydrogen-bond donors (Lipinski definition) is 2. The van der Waals surface area contributed by atoms with Gasteiger partial charge in [-0.15, -0.1) is 5.10 Å². The van der Waals surface area contributed by atoms with Crippen LogP contribution in [0.1, 0.15) is 37.8 Å². The molecular formula is C21H30N6O. The summed E-state index contributed by atoms with van der Waals surface area (Å²) in [5, 5.41) is 14.6. The first-order chi connectivity index (χ1) is 13.6. The van der Waals surface area contributed by atoms with Gasteiger partial charge in [-0.1, -0.05) is 36.4 Å². The molecule has 1 amide bonds. The van der Waals surface area contributed by atoms with Gasteiger partial charge in [0.2, 0.25) is 5.91 Å². The molecule has 1 aromatic heterocycles. The van der Waals surface area contributed by atoms with Crippen molar-refractivity contribution in [3.8, 4) is 11.3 Å². The Morgan fingerprint density at radius 1 is 1.25 bits per heavy atom. The minimum Gasteiger partial charge on any atom is -0.358 e. The van der Waals surface area contributed by atoms with Gasteiger partial charge in [-0.05, 0) is 43.8 Å². The number of carbonyl (C=O) groups excluding carboxylic acids is 1. The lowest BCUT2D eigenvalue weighted by atomic mass is 9.99. The largest absolute Gasteiger partial charge is 0.358 e. The van der Waals surface area contributed by atoms with Crippen LogP contribution in [0.2, 0.25) is 0 Å². The second-order valence-electron chi connectivity index (χ2n) is 8.20. The van der Waals surface area contributed by atoms with E-state index in [0.717, 1.165) is 36.7 Å². The molecule has 3 heterocycles. The van der Waals surface area contributed by atoms with E-state index in [-0.39, 0.29) is 18.0 Å². The molecule has 0 aliphatic carbocycles. The maximum absolute atomic E-state index is 11.8. The Kier molecular flexibility index (Phi) is 5.73. The van der Waals surface area contributed by atoms with Crippen LogP contribution in [-0.2, 0) is 11.3 Å². The van der Waals surface area contributed by atoms with Crippen LogP contribution in [0, 0.1) is 5.92 Å². The summed E-state index contributed by atoms with van der Waals surface area (Å²) in [6.07, 6.45) is 5.32. The van der Waals surface area contributed by atoms with E-state index >= 15 is 0 Å². The number of hydrogen-bond acceptors (Lipinski definition) is 5. The zero-order chi connectivity index (χ0) is 19.5. The zero-order valence-electron chi connectivity index (χ0n) is 16.8. The van der Waals surface area contributed by atoms with E-state index in [4.69, 9.17) is 0 Å². The van der Waals surface area contributed by atoms with Gasteiger partial charge in [0.25, 0.3) is 0 Å². The third-order valence-corrected chi connectivity index (χ3v) is 6.09. The lowest BCUT2D eigenvalue weighted by molar-refractivity contribution is -0.122. The zero-order valence-corrected chi connectivity index (χ0v) is 16.8. The van der Waals surface area contributed by atoms with Crippen LogP contribution in [0.4, 0.5) is 0 Å². The van der Waals surface area contributed by atoms with Crippen molar-refractivity contribution in [2.24, 2.45) is 5.92 Å². The number of likely N-dealkylation sites (N-methyl/N-ethyl adjacent to an activating group) is 1.